The summed E-state index contributed by atoms with van der Waals surface area (Å²) in [4.78, 5) is 0. The molecule has 0 amide bonds. The van der Waals surface area contributed by atoms with Crippen LogP contribution in [0.4, 0.5) is 0 Å². The third-order valence-corrected chi connectivity index (χ3v) is 4.51. The average Bonchev–Trinajstić information content (AvgIpc) is 2.58. The number of rotatable bonds is 15. The van der Waals surface area contributed by atoms with E-state index in [1.165, 1.54) is 5.56 Å². The molecule has 1 aromatic carbocycles. The van der Waals surface area contributed by atoms with Crippen LogP contribution >= 0.6 is 0 Å². The fraction of sp³-hybridized carbons (Fsp3) is 0.667. The fourth-order valence-corrected chi connectivity index (χ4v) is 3.34. The van der Waals surface area contributed by atoms with E-state index in [1.807, 2.05) is 6.07 Å². The molecule has 0 aliphatic heterocycles. The van der Waals surface area contributed by atoms with Crippen molar-refractivity contribution in [3.8, 4) is 0 Å². The minimum absolute atomic E-state index is 0.0616. The Balaban J connectivity index is 2.33. The standard InChI is InChI=1S/C24H40O4/c1-6-21(27-23(2,3)25)17-11-8-12-18-22(28-24(4,5)26)19-13-16-20-14-9-7-10-15-20/h6-7,9-10,14-15,21-22,25-26H,1,8,11-13,16-19H2,2-5H3. The Morgan fingerprint density at radius 2 is 1.43 bits per heavy atom. The zero-order chi connectivity index (χ0) is 21.0. The van der Waals surface area contributed by atoms with Crippen LogP contribution in [-0.4, -0.2) is 34.0 Å². The molecule has 28 heavy (non-hydrogen) atoms. The summed E-state index contributed by atoms with van der Waals surface area (Å²) in [6, 6.07) is 10.5. The van der Waals surface area contributed by atoms with Crippen molar-refractivity contribution in [3.05, 3.63) is 48.6 Å². The van der Waals surface area contributed by atoms with Gasteiger partial charge in [0.2, 0.25) is 0 Å². The maximum atomic E-state index is 10.0. The minimum Gasteiger partial charge on any atom is -0.366 e. The smallest absolute Gasteiger partial charge is 0.160 e. The van der Waals surface area contributed by atoms with Crippen LogP contribution in [0, 0.1) is 0 Å². The van der Waals surface area contributed by atoms with Gasteiger partial charge in [0.1, 0.15) is 0 Å². The number of unbranched alkanes of at least 4 members (excludes halogenated alkanes) is 2. The van der Waals surface area contributed by atoms with Gasteiger partial charge in [0.05, 0.1) is 12.2 Å². The average molecular weight is 393 g/mol. The quantitative estimate of drug-likeness (QED) is 0.239. The summed E-state index contributed by atoms with van der Waals surface area (Å²) in [5.41, 5.74) is 1.34. The van der Waals surface area contributed by atoms with Gasteiger partial charge in [-0.3, -0.25) is 0 Å². The number of aliphatic hydroxyl groups is 2. The zero-order valence-electron chi connectivity index (χ0n) is 18.2. The molecule has 0 bridgehead atoms. The SMILES string of the molecule is C=CC(CCCCCC(CCCc1ccccc1)OC(C)(C)O)OC(C)(C)O. The highest BCUT2D eigenvalue weighted by Crippen LogP contribution is 2.21. The Morgan fingerprint density at radius 3 is 2.00 bits per heavy atom. The minimum atomic E-state index is -1.14. The molecule has 0 aromatic heterocycles. The Labute approximate surface area is 171 Å². The Morgan fingerprint density at radius 1 is 0.857 bits per heavy atom. The van der Waals surface area contributed by atoms with E-state index in [9.17, 15) is 10.2 Å². The highest BCUT2D eigenvalue weighted by Gasteiger charge is 2.21. The molecular formula is C24H40O4. The van der Waals surface area contributed by atoms with Gasteiger partial charge in [-0.2, -0.15) is 0 Å². The first-order chi connectivity index (χ1) is 13.1. The molecule has 0 saturated carbocycles. The zero-order valence-corrected chi connectivity index (χ0v) is 18.2. The van der Waals surface area contributed by atoms with Gasteiger partial charge in [0.25, 0.3) is 0 Å². The molecule has 0 fully saturated rings. The molecule has 0 aliphatic carbocycles. The second-order valence-corrected chi connectivity index (χ2v) is 8.54. The van der Waals surface area contributed by atoms with Crippen molar-refractivity contribution in [1.29, 1.82) is 0 Å². The van der Waals surface area contributed by atoms with Crippen molar-refractivity contribution in [3.63, 3.8) is 0 Å². The Hall–Kier alpha value is -1.20. The molecule has 2 unspecified atom stereocenters. The summed E-state index contributed by atoms with van der Waals surface area (Å²) >= 11 is 0. The van der Waals surface area contributed by atoms with Gasteiger partial charge >= 0.3 is 0 Å². The van der Waals surface area contributed by atoms with Crippen LogP contribution in [0.2, 0.25) is 0 Å². The van der Waals surface area contributed by atoms with E-state index in [2.05, 4.69) is 30.8 Å². The van der Waals surface area contributed by atoms with Crippen molar-refractivity contribution >= 4 is 0 Å². The van der Waals surface area contributed by atoms with Gasteiger partial charge in [-0.1, -0.05) is 55.7 Å². The molecule has 0 aliphatic rings. The van der Waals surface area contributed by atoms with Crippen LogP contribution in [0.25, 0.3) is 0 Å². The first-order valence-electron chi connectivity index (χ1n) is 10.6. The third kappa shape index (κ3) is 13.1. The summed E-state index contributed by atoms with van der Waals surface area (Å²) in [6.45, 7) is 10.4. The summed E-state index contributed by atoms with van der Waals surface area (Å²) in [6.07, 6.45) is 9.58. The maximum absolute atomic E-state index is 10.0. The van der Waals surface area contributed by atoms with Crippen LogP contribution in [0.15, 0.2) is 43.0 Å². The summed E-state index contributed by atoms with van der Waals surface area (Å²) in [7, 11) is 0. The summed E-state index contributed by atoms with van der Waals surface area (Å²) in [5.74, 6) is -2.24. The van der Waals surface area contributed by atoms with Gasteiger partial charge < -0.3 is 19.7 Å². The topological polar surface area (TPSA) is 58.9 Å². The molecule has 160 valence electrons. The lowest BCUT2D eigenvalue weighted by Crippen LogP contribution is -2.30. The van der Waals surface area contributed by atoms with E-state index in [-0.39, 0.29) is 12.2 Å². The van der Waals surface area contributed by atoms with Gasteiger partial charge in [-0.15, -0.1) is 6.58 Å². The van der Waals surface area contributed by atoms with Gasteiger partial charge in [-0.25, -0.2) is 0 Å². The second kappa shape index (κ2) is 12.4. The first kappa shape index (κ1) is 24.8. The number of aryl methyl sites for hydroxylation is 1. The monoisotopic (exact) mass is 392 g/mol. The van der Waals surface area contributed by atoms with E-state index >= 15 is 0 Å². The summed E-state index contributed by atoms with van der Waals surface area (Å²) < 4.78 is 11.4. The number of hydrogen-bond acceptors (Lipinski definition) is 4. The van der Waals surface area contributed by atoms with Crippen molar-refractivity contribution in [2.24, 2.45) is 0 Å². The maximum Gasteiger partial charge on any atom is 0.160 e. The lowest BCUT2D eigenvalue weighted by Gasteiger charge is -2.27. The van der Waals surface area contributed by atoms with Gasteiger partial charge in [0.15, 0.2) is 11.6 Å². The van der Waals surface area contributed by atoms with Crippen molar-refractivity contribution in [2.75, 3.05) is 0 Å². The predicted octanol–water partition coefficient (Wildman–Crippen LogP) is 5.37. The van der Waals surface area contributed by atoms with E-state index in [1.54, 1.807) is 33.8 Å². The normalized spacial score (nSPS) is 14.6. The fourth-order valence-electron chi connectivity index (χ4n) is 3.34. The Kier molecular flexibility index (Phi) is 11.0. The second-order valence-electron chi connectivity index (χ2n) is 8.54. The Bertz CT molecular complexity index is 528. The molecule has 0 spiro atoms. The highest BCUT2D eigenvalue weighted by atomic mass is 16.6. The molecule has 0 heterocycles. The lowest BCUT2D eigenvalue weighted by molar-refractivity contribution is -0.208. The third-order valence-electron chi connectivity index (χ3n) is 4.51. The van der Waals surface area contributed by atoms with Crippen LogP contribution in [0.5, 0.6) is 0 Å². The molecule has 2 N–H and O–H groups in total. The highest BCUT2D eigenvalue weighted by molar-refractivity contribution is 5.14. The molecular weight excluding hydrogens is 352 g/mol. The van der Waals surface area contributed by atoms with Crippen molar-refractivity contribution in [2.45, 2.75) is 103 Å². The van der Waals surface area contributed by atoms with Crippen LogP contribution < -0.4 is 0 Å². The predicted molar refractivity (Wildman–Crippen MR) is 115 cm³/mol. The molecule has 1 rings (SSSR count). The number of hydrogen-bond donors (Lipinski definition) is 2. The van der Waals surface area contributed by atoms with Gasteiger partial charge in [0, 0.05) is 0 Å². The lowest BCUT2D eigenvalue weighted by atomic mass is 10.0. The number of benzene rings is 1. The summed E-state index contributed by atoms with van der Waals surface area (Å²) in [5, 5.41) is 19.8. The van der Waals surface area contributed by atoms with E-state index < -0.39 is 11.6 Å². The first-order valence-corrected chi connectivity index (χ1v) is 10.6. The van der Waals surface area contributed by atoms with Crippen LogP contribution in [0.1, 0.15) is 78.2 Å². The molecule has 1 aromatic rings. The van der Waals surface area contributed by atoms with Crippen molar-refractivity contribution in [1.82, 2.24) is 0 Å². The molecule has 0 saturated heterocycles. The van der Waals surface area contributed by atoms with Gasteiger partial charge in [-0.05, 0) is 65.4 Å². The molecule has 4 nitrogen and oxygen atoms in total. The van der Waals surface area contributed by atoms with E-state index in [4.69, 9.17) is 9.47 Å². The molecule has 0 radical (unpaired) electrons. The van der Waals surface area contributed by atoms with Crippen LogP contribution in [0.3, 0.4) is 0 Å². The van der Waals surface area contributed by atoms with Crippen molar-refractivity contribution < 1.29 is 19.7 Å². The molecule has 2 atom stereocenters. The van der Waals surface area contributed by atoms with E-state index in [0.29, 0.717) is 0 Å². The molecule has 4 heteroatoms. The number of ether oxygens (including phenoxy) is 2. The van der Waals surface area contributed by atoms with E-state index in [0.717, 1.165) is 51.4 Å². The largest absolute Gasteiger partial charge is 0.366 e. The van der Waals surface area contributed by atoms with Crippen LogP contribution in [-0.2, 0) is 15.9 Å².